The second-order valence-electron chi connectivity index (χ2n) is 6.76. The van der Waals surface area contributed by atoms with Crippen LogP contribution in [0.2, 0.25) is 0 Å². The van der Waals surface area contributed by atoms with E-state index in [0.717, 1.165) is 25.1 Å². The summed E-state index contributed by atoms with van der Waals surface area (Å²) in [5, 5.41) is 7.24. The minimum Gasteiger partial charge on any atom is -0.352 e. The SMILES string of the molecule is CN1CCC[C@@H](CNC(=O)c2cccn(C)c2=O)[C@@H]1c1ccnn1C. The fraction of sp³-hybridized carbons (Fsp3) is 0.500. The summed E-state index contributed by atoms with van der Waals surface area (Å²) in [6.07, 6.45) is 5.58. The van der Waals surface area contributed by atoms with E-state index >= 15 is 0 Å². The van der Waals surface area contributed by atoms with E-state index in [2.05, 4.69) is 22.4 Å². The lowest BCUT2D eigenvalue weighted by Gasteiger charge is -2.39. The van der Waals surface area contributed by atoms with Crippen molar-refractivity contribution < 1.29 is 4.79 Å². The zero-order valence-corrected chi connectivity index (χ0v) is 15.0. The maximum atomic E-state index is 12.4. The summed E-state index contributed by atoms with van der Waals surface area (Å²) < 4.78 is 3.32. The molecule has 25 heavy (non-hydrogen) atoms. The second-order valence-corrected chi connectivity index (χ2v) is 6.76. The Kier molecular flexibility index (Phi) is 5.03. The van der Waals surface area contributed by atoms with Crippen LogP contribution in [0.15, 0.2) is 35.4 Å². The Balaban J connectivity index is 1.74. The maximum Gasteiger partial charge on any atom is 0.263 e. The fourth-order valence-corrected chi connectivity index (χ4v) is 3.70. The number of aromatic nitrogens is 3. The van der Waals surface area contributed by atoms with Crippen LogP contribution < -0.4 is 10.9 Å². The van der Waals surface area contributed by atoms with Gasteiger partial charge < -0.3 is 9.88 Å². The van der Waals surface area contributed by atoms with Crippen LogP contribution in [0, 0.1) is 5.92 Å². The van der Waals surface area contributed by atoms with Crippen LogP contribution in [-0.2, 0) is 14.1 Å². The van der Waals surface area contributed by atoms with Gasteiger partial charge >= 0.3 is 0 Å². The Hall–Kier alpha value is -2.41. The molecule has 1 saturated heterocycles. The number of piperidine rings is 1. The number of hydrogen-bond acceptors (Lipinski definition) is 4. The van der Waals surface area contributed by atoms with Gasteiger partial charge in [-0.1, -0.05) is 0 Å². The number of pyridine rings is 1. The molecular formula is C18H25N5O2. The van der Waals surface area contributed by atoms with Crippen LogP contribution in [0.1, 0.15) is 34.9 Å². The fourth-order valence-electron chi connectivity index (χ4n) is 3.70. The molecule has 1 amide bonds. The summed E-state index contributed by atoms with van der Waals surface area (Å²) in [6.45, 7) is 1.57. The second kappa shape index (κ2) is 7.23. The van der Waals surface area contributed by atoms with Crippen molar-refractivity contribution in [2.45, 2.75) is 18.9 Å². The number of nitrogens with zero attached hydrogens (tertiary/aromatic N) is 4. The first-order chi connectivity index (χ1) is 12.0. The van der Waals surface area contributed by atoms with Crippen molar-refractivity contribution in [2.75, 3.05) is 20.1 Å². The van der Waals surface area contributed by atoms with Crippen molar-refractivity contribution in [3.63, 3.8) is 0 Å². The standard InChI is InChI=1S/C18H25N5O2/c1-21-10-4-6-13(16(21)15-8-9-20-23(15)3)12-19-17(24)14-7-5-11-22(2)18(14)25/h5,7-9,11,13,16H,4,6,10,12H2,1-3H3,(H,19,24)/t13-,16+/m0/s1. The average Bonchev–Trinajstić information content (AvgIpc) is 3.01. The Morgan fingerprint density at radius 2 is 2.12 bits per heavy atom. The summed E-state index contributed by atoms with van der Waals surface area (Å²) in [7, 11) is 5.70. The Labute approximate surface area is 147 Å². The third kappa shape index (κ3) is 3.51. The molecule has 0 radical (unpaired) electrons. The number of rotatable bonds is 4. The summed E-state index contributed by atoms with van der Waals surface area (Å²) in [5.74, 6) is -0.0242. The molecule has 134 valence electrons. The van der Waals surface area contributed by atoms with Gasteiger partial charge in [0.2, 0.25) is 0 Å². The molecule has 0 aromatic carbocycles. The molecule has 1 N–H and O–H groups in total. The van der Waals surface area contributed by atoms with Gasteiger partial charge in [0.1, 0.15) is 5.56 Å². The summed E-state index contributed by atoms with van der Waals surface area (Å²) in [4.78, 5) is 26.9. The predicted molar refractivity (Wildman–Crippen MR) is 95.3 cm³/mol. The van der Waals surface area contributed by atoms with E-state index in [1.165, 1.54) is 4.57 Å². The highest BCUT2D eigenvalue weighted by Crippen LogP contribution is 2.34. The van der Waals surface area contributed by atoms with Crippen molar-refractivity contribution in [3.05, 3.63) is 52.2 Å². The zero-order chi connectivity index (χ0) is 18.0. The molecule has 0 bridgehead atoms. The number of likely N-dealkylation sites (tertiary alicyclic amines) is 1. The topological polar surface area (TPSA) is 72.2 Å². The van der Waals surface area contributed by atoms with Crippen molar-refractivity contribution in [2.24, 2.45) is 20.0 Å². The molecular weight excluding hydrogens is 318 g/mol. The van der Waals surface area contributed by atoms with Crippen molar-refractivity contribution in [3.8, 4) is 0 Å². The van der Waals surface area contributed by atoms with E-state index in [1.54, 1.807) is 31.6 Å². The van der Waals surface area contributed by atoms with Crippen LogP contribution in [0.25, 0.3) is 0 Å². The van der Waals surface area contributed by atoms with Gasteiger partial charge in [-0.15, -0.1) is 0 Å². The number of carbonyl (C=O) groups excluding carboxylic acids is 1. The predicted octanol–water partition coefficient (Wildman–Crippen LogP) is 0.932. The van der Waals surface area contributed by atoms with Crippen LogP contribution >= 0.6 is 0 Å². The van der Waals surface area contributed by atoms with Gasteiger partial charge in [-0.05, 0) is 50.6 Å². The van der Waals surface area contributed by atoms with E-state index < -0.39 is 0 Å². The normalized spacial score (nSPS) is 21.2. The largest absolute Gasteiger partial charge is 0.352 e. The smallest absolute Gasteiger partial charge is 0.263 e. The first-order valence-corrected chi connectivity index (χ1v) is 8.61. The van der Waals surface area contributed by atoms with E-state index in [0.29, 0.717) is 6.54 Å². The molecule has 0 aliphatic carbocycles. The van der Waals surface area contributed by atoms with Crippen molar-refractivity contribution >= 4 is 5.91 Å². The van der Waals surface area contributed by atoms with Gasteiger partial charge in [0.05, 0.1) is 11.7 Å². The number of aryl methyl sites for hydroxylation is 2. The van der Waals surface area contributed by atoms with E-state index in [9.17, 15) is 9.59 Å². The molecule has 3 rings (SSSR count). The van der Waals surface area contributed by atoms with Crippen LogP contribution in [0.4, 0.5) is 0 Å². The lowest BCUT2D eigenvalue weighted by molar-refractivity contribution is 0.0878. The molecule has 0 unspecified atom stereocenters. The van der Waals surface area contributed by atoms with Crippen LogP contribution in [-0.4, -0.2) is 45.3 Å². The molecule has 1 fully saturated rings. The highest BCUT2D eigenvalue weighted by molar-refractivity contribution is 5.93. The lowest BCUT2D eigenvalue weighted by Crippen LogP contribution is -2.43. The van der Waals surface area contributed by atoms with Gasteiger partial charge in [-0.2, -0.15) is 5.10 Å². The van der Waals surface area contributed by atoms with Crippen LogP contribution in [0.5, 0.6) is 0 Å². The molecule has 7 heteroatoms. The highest BCUT2D eigenvalue weighted by atomic mass is 16.2. The third-order valence-electron chi connectivity index (χ3n) is 5.06. The molecule has 0 spiro atoms. The molecule has 3 heterocycles. The third-order valence-corrected chi connectivity index (χ3v) is 5.06. The molecule has 2 atom stereocenters. The molecule has 2 aromatic heterocycles. The molecule has 1 aliphatic rings. The number of carbonyl (C=O) groups is 1. The van der Waals surface area contributed by atoms with Crippen molar-refractivity contribution in [1.29, 1.82) is 0 Å². The monoisotopic (exact) mass is 343 g/mol. The molecule has 1 aliphatic heterocycles. The van der Waals surface area contributed by atoms with E-state index in [-0.39, 0.29) is 29.0 Å². The minimum atomic E-state index is -0.307. The van der Waals surface area contributed by atoms with E-state index in [4.69, 9.17) is 0 Å². The Morgan fingerprint density at radius 1 is 1.32 bits per heavy atom. The van der Waals surface area contributed by atoms with Gasteiger partial charge in [-0.25, -0.2) is 0 Å². The summed E-state index contributed by atoms with van der Waals surface area (Å²) >= 11 is 0. The highest BCUT2D eigenvalue weighted by Gasteiger charge is 2.32. The Morgan fingerprint density at radius 3 is 2.84 bits per heavy atom. The molecule has 7 nitrogen and oxygen atoms in total. The number of nitrogens with one attached hydrogen (secondary N) is 1. The zero-order valence-electron chi connectivity index (χ0n) is 15.0. The molecule has 2 aromatic rings. The van der Waals surface area contributed by atoms with Gasteiger partial charge in [0.15, 0.2) is 0 Å². The number of amides is 1. The lowest BCUT2D eigenvalue weighted by atomic mass is 9.87. The molecule has 0 saturated carbocycles. The van der Waals surface area contributed by atoms with Gasteiger partial charge in [-0.3, -0.25) is 19.2 Å². The Bertz CT molecular complexity index is 810. The maximum absolute atomic E-state index is 12.4. The summed E-state index contributed by atoms with van der Waals surface area (Å²) in [5.41, 5.74) is 1.06. The number of hydrogen-bond donors (Lipinski definition) is 1. The van der Waals surface area contributed by atoms with Gasteiger partial charge in [0.25, 0.3) is 11.5 Å². The quantitative estimate of drug-likeness (QED) is 0.896. The minimum absolute atomic E-state index is 0.186. The first-order valence-electron chi connectivity index (χ1n) is 8.61. The van der Waals surface area contributed by atoms with Gasteiger partial charge in [0, 0.05) is 33.0 Å². The first kappa shape index (κ1) is 17.4. The average molecular weight is 343 g/mol. The van der Waals surface area contributed by atoms with Crippen molar-refractivity contribution in [1.82, 2.24) is 24.6 Å². The van der Waals surface area contributed by atoms with Crippen LogP contribution in [0.3, 0.4) is 0 Å². The summed E-state index contributed by atoms with van der Waals surface area (Å²) in [6, 6.07) is 5.53. The van der Waals surface area contributed by atoms with E-state index in [1.807, 2.05) is 17.8 Å².